The Balaban J connectivity index is 1.28. The van der Waals surface area contributed by atoms with Crippen molar-refractivity contribution < 1.29 is 9.47 Å². The van der Waals surface area contributed by atoms with E-state index in [1.807, 2.05) is 24.4 Å². The second-order valence-electron chi connectivity index (χ2n) is 6.94. The topological polar surface area (TPSA) is 37.8 Å². The second-order valence-corrected chi connectivity index (χ2v) is 7.38. The van der Waals surface area contributed by atoms with Crippen LogP contribution in [0.1, 0.15) is 5.56 Å². The summed E-state index contributed by atoms with van der Waals surface area (Å²) in [5.41, 5.74) is 3.44. The Bertz CT molecular complexity index is 986. The zero-order valence-electron chi connectivity index (χ0n) is 14.9. The smallest absolute Gasteiger partial charge is 0.231 e. The van der Waals surface area contributed by atoms with Crippen molar-refractivity contribution in [2.75, 3.05) is 37.9 Å². The first-order chi connectivity index (χ1) is 13.3. The normalized spacial score (nSPS) is 16.9. The standard InChI is InChI=1S/C21H20ClN3O2/c22-16-2-3-17-18(12-16)23-6-5-19(17)25-9-7-24(8-10-25)13-15-1-4-20-21(11-15)27-14-26-20/h1-6,11-12H,7-10,13-14H2. The van der Waals surface area contributed by atoms with E-state index in [4.69, 9.17) is 21.1 Å². The average molecular weight is 382 g/mol. The molecule has 1 saturated heterocycles. The van der Waals surface area contributed by atoms with Gasteiger partial charge in [0.25, 0.3) is 0 Å². The number of rotatable bonds is 3. The third-order valence-electron chi connectivity index (χ3n) is 5.24. The molecule has 2 aromatic carbocycles. The summed E-state index contributed by atoms with van der Waals surface area (Å²) < 4.78 is 10.9. The molecule has 5 nitrogen and oxygen atoms in total. The molecule has 27 heavy (non-hydrogen) atoms. The minimum absolute atomic E-state index is 0.322. The zero-order chi connectivity index (χ0) is 18.2. The van der Waals surface area contributed by atoms with Gasteiger partial charge in [-0.05, 0) is 42.0 Å². The molecule has 1 fully saturated rings. The van der Waals surface area contributed by atoms with Gasteiger partial charge < -0.3 is 14.4 Å². The van der Waals surface area contributed by atoms with Gasteiger partial charge in [-0.2, -0.15) is 0 Å². The minimum atomic E-state index is 0.322. The van der Waals surface area contributed by atoms with E-state index >= 15 is 0 Å². The summed E-state index contributed by atoms with van der Waals surface area (Å²) >= 11 is 6.11. The fraction of sp³-hybridized carbons (Fsp3) is 0.286. The number of fused-ring (bicyclic) bond motifs is 2. The third kappa shape index (κ3) is 3.29. The molecule has 138 valence electrons. The number of hydrogen-bond donors (Lipinski definition) is 0. The Morgan fingerprint density at radius 3 is 2.67 bits per heavy atom. The van der Waals surface area contributed by atoms with Crippen molar-refractivity contribution in [2.45, 2.75) is 6.54 Å². The van der Waals surface area contributed by atoms with Crippen molar-refractivity contribution in [2.24, 2.45) is 0 Å². The fourth-order valence-electron chi connectivity index (χ4n) is 3.83. The van der Waals surface area contributed by atoms with Crippen LogP contribution in [0.15, 0.2) is 48.7 Å². The van der Waals surface area contributed by atoms with Gasteiger partial charge in [-0.3, -0.25) is 9.88 Å². The predicted octanol–water partition coefficient (Wildman–Crippen LogP) is 3.94. The van der Waals surface area contributed by atoms with E-state index in [0.29, 0.717) is 6.79 Å². The van der Waals surface area contributed by atoms with Gasteiger partial charge in [-0.15, -0.1) is 0 Å². The van der Waals surface area contributed by atoms with Crippen LogP contribution < -0.4 is 14.4 Å². The van der Waals surface area contributed by atoms with Crippen molar-refractivity contribution in [3.05, 3.63) is 59.2 Å². The molecule has 0 unspecified atom stereocenters. The maximum Gasteiger partial charge on any atom is 0.231 e. The SMILES string of the molecule is Clc1ccc2c(N3CCN(Cc4ccc5c(c4)OCO5)CC3)ccnc2c1. The van der Waals surface area contributed by atoms with Gasteiger partial charge in [0.2, 0.25) is 6.79 Å². The predicted molar refractivity (Wildman–Crippen MR) is 107 cm³/mol. The van der Waals surface area contributed by atoms with Gasteiger partial charge in [-0.25, -0.2) is 0 Å². The Kier molecular flexibility index (Phi) is 4.26. The molecule has 6 heteroatoms. The Labute approximate surface area is 163 Å². The highest BCUT2D eigenvalue weighted by atomic mass is 35.5. The molecular formula is C21H20ClN3O2. The summed E-state index contributed by atoms with van der Waals surface area (Å²) in [6, 6.07) is 14.3. The van der Waals surface area contributed by atoms with Gasteiger partial charge in [0.05, 0.1) is 5.52 Å². The fourth-order valence-corrected chi connectivity index (χ4v) is 3.99. The highest BCUT2D eigenvalue weighted by molar-refractivity contribution is 6.31. The molecule has 0 saturated carbocycles. The van der Waals surface area contributed by atoms with Crippen LogP contribution in [0, 0.1) is 0 Å². The maximum absolute atomic E-state index is 6.11. The first-order valence-electron chi connectivity index (χ1n) is 9.16. The largest absolute Gasteiger partial charge is 0.454 e. The van der Waals surface area contributed by atoms with Crippen molar-refractivity contribution in [1.82, 2.24) is 9.88 Å². The highest BCUT2D eigenvalue weighted by Crippen LogP contribution is 2.33. The van der Waals surface area contributed by atoms with Crippen LogP contribution >= 0.6 is 11.6 Å². The van der Waals surface area contributed by atoms with E-state index in [-0.39, 0.29) is 0 Å². The molecule has 0 radical (unpaired) electrons. The van der Waals surface area contributed by atoms with Crippen LogP contribution in [0.4, 0.5) is 5.69 Å². The number of anilines is 1. The summed E-state index contributed by atoms with van der Waals surface area (Å²) in [6.45, 7) is 5.27. The molecular weight excluding hydrogens is 362 g/mol. The Hall–Kier alpha value is -2.50. The van der Waals surface area contributed by atoms with Gasteiger partial charge in [0.1, 0.15) is 0 Å². The quantitative estimate of drug-likeness (QED) is 0.687. The summed E-state index contributed by atoms with van der Waals surface area (Å²) in [7, 11) is 0. The number of halogens is 1. The van der Waals surface area contributed by atoms with Crippen molar-refractivity contribution in [1.29, 1.82) is 0 Å². The maximum atomic E-state index is 6.11. The van der Waals surface area contributed by atoms with Crippen molar-refractivity contribution in [3.63, 3.8) is 0 Å². The van der Waals surface area contributed by atoms with Crippen LogP contribution in [0.3, 0.4) is 0 Å². The number of benzene rings is 2. The summed E-state index contributed by atoms with van der Waals surface area (Å²) in [6.07, 6.45) is 1.87. The monoisotopic (exact) mass is 381 g/mol. The van der Waals surface area contributed by atoms with E-state index in [9.17, 15) is 0 Å². The van der Waals surface area contributed by atoms with Gasteiger partial charge in [0, 0.05) is 55.0 Å². The van der Waals surface area contributed by atoms with Gasteiger partial charge in [0.15, 0.2) is 11.5 Å². The number of aromatic nitrogens is 1. The lowest BCUT2D eigenvalue weighted by Gasteiger charge is -2.36. The molecule has 0 atom stereocenters. The molecule has 0 spiro atoms. The van der Waals surface area contributed by atoms with Crippen LogP contribution in [0.2, 0.25) is 5.02 Å². The summed E-state index contributed by atoms with van der Waals surface area (Å²) in [5, 5.41) is 1.88. The first kappa shape index (κ1) is 16.7. The molecule has 3 aromatic rings. The van der Waals surface area contributed by atoms with Crippen LogP contribution in [-0.2, 0) is 6.54 Å². The third-order valence-corrected chi connectivity index (χ3v) is 5.47. The van der Waals surface area contributed by atoms with E-state index in [1.165, 1.54) is 11.3 Å². The van der Waals surface area contributed by atoms with Crippen molar-refractivity contribution >= 4 is 28.2 Å². The Morgan fingerprint density at radius 2 is 1.78 bits per heavy atom. The molecule has 1 aromatic heterocycles. The summed E-state index contributed by atoms with van der Waals surface area (Å²) in [4.78, 5) is 9.37. The lowest BCUT2D eigenvalue weighted by atomic mass is 10.1. The average Bonchev–Trinajstić information content (AvgIpc) is 3.16. The van der Waals surface area contributed by atoms with E-state index < -0.39 is 0 Å². The number of pyridine rings is 1. The lowest BCUT2D eigenvalue weighted by molar-refractivity contribution is 0.174. The van der Waals surface area contributed by atoms with Crippen molar-refractivity contribution in [3.8, 4) is 11.5 Å². The van der Waals surface area contributed by atoms with Gasteiger partial charge >= 0.3 is 0 Å². The van der Waals surface area contributed by atoms with E-state index in [1.54, 1.807) is 0 Å². The molecule has 0 aliphatic carbocycles. The van der Waals surface area contributed by atoms with Crippen LogP contribution in [-0.4, -0.2) is 42.9 Å². The number of ether oxygens (including phenoxy) is 2. The zero-order valence-corrected chi connectivity index (χ0v) is 15.7. The molecule has 0 amide bonds. The molecule has 5 rings (SSSR count). The van der Waals surface area contributed by atoms with Gasteiger partial charge in [-0.1, -0.05) is 17.7 Å². The van der Waals surface area contributed by atoms with E-state index in [2.05, 4.69) is 39.0 Å². The number of piperazine rings is 1. The lowest BCUT2D eigenvalue weighted by Crippen LogP contribution is -2.46. The first-order valence-corrected chi connectivity index (χ1v) is 9.54. The minimum Gasteiger partial charge on any atom is -0.454 e. The molecule has 2 aliphatic rings. The molecule has 0 bridgehead atoms. The Morgan fingerprint density at radius 1 is 0.926 bits per heavy atom. The molecule has 2 aliphatic heterocycles. The van der Waals surface area contributed by atoms with Crippen LogP contribution in [0.25, 0.3) is 10.9 Å². The van der Waals surface area contributed by atoms with E-state index in [0.717, 1.165) is 60.1 Å². The number of nitrogens with zero attached hydrogens (tertiary/aromatic N) is 3. The molecule has 0 N–H and O–H groups in total. The highest BCUT2D eigenvalue weighted by Gasteiger charge is 2.20. The number of hydrogen-bond acceptors (Lipinski definition) is 5. The second kappa shape index (κ2) is 6.91. The summed E-state index contributed by atoms with van der Waals surface area (Å²) in [5.74, 6) is 1.70. The molecule has 3 heterocycles. The van der Waals surface area contributed by atoms with Crippen LogP contribution in [0.5, 0.6) is 11.5 Å².